The molecule has 106 valence electrons. The molecule has 0 aromatic carbocycles. The Labute approximate surface area is 116 Å². The van der Waals surface area contributed by atoms with Crippen LogP contribution in [0.15, 0.2) is 12.3 Å². The summed E-state index contributed by atoms with van der Waals surface area (Å²) in [6.07, 6.45) is 9.15. The van der Waals surface area contributed by atoms with Crippen LogP contribution >= 0.6 is 0 Å². The second-order valence-electron chi connectivity index (χ2n) is 5.34. The summed E-state index contributed by atoms with van der Waals surface area (Å²) in [5, 5.41) is 3.44. The molecule has 1 aliphatic rings. The van der Waals surface area contributed by atoms with Gasteiger partial charge in [-0.2, -0.15) is 4.98 Å². The number of anilines is 1. The minimum Gasteiger partial charge on any atom is -0.478 e. The van der Waals surface area contributed by atoms with Crippen molar-refractivity contribution in [2.45, 2.75) is 58.4 Å². The van der Waals surface area contributed by atoms with Crippen molar-refractivity contribution >= 4 is 5.95 Å². The van der Waals surface area contributed by atoms with Crippen molar-refractivity contribution in [1.29, 1.82) is 0 Å². The van der Waals surface area contributed by atoms with Gasteiger partial charge in [-0.25, -0.2) is 4.98 Å². The lowest BCUT2D eigenvalue weighted by molar-refractivity contribution is 0.304. The highest BCUT2D eigenvalue weighted by molar-refractivity contribution is 5.29. The standard InChI is InChI=1S/C15H25N3O/c1-3-11-19-14-9-10-16-15(18-14)17-13-7-5-12(4-2)6-8-13/h9-10,12-13H,3-8,11H2,1-2H3,(H,16,17,18). The number of rotatable bonds is 6. The summed E-state index contributed by atoms with van der Waals surface area (Å²) in [6, 6.07) is 2.33. The van der Waals surface area contributed by atoms with Crippen molar-refractivity contribution in [3.8, 4) is 5.88 Å². The van der Waals surface area contributed by atoms with Gasteiger partial charge in [-0.3, -0.25) is 0 Å². The number of nitrogens with zero attached hydrogens (tertiary/aromatic N) is 2. The van der Waals surface area contributed by atoms with Gasteiger partial charge in [0, 0.05) is 18.3 Å². The van der Waals surface area contributed by atoms with Gasteiger partial charge in [0.2, 0.25) is 11.8 Å². The quantitative estimate of drug-likeness (QED) is 0.851. The fraction of sp³-hybridized carbons (Fsp3) is 0.733. The molecular formula is C15H25N3O. The maximum Gasteiger partial charge on any atom is 0.226 e. The summed E-state index contributed by atoms with van der Waals surface area (Å²) in [4.78, 5) is 8.68. The zero-order chi connectivity index (χ0) is 13.5. The molecule has 0 amide bonds. The van der Waals surface area contributed by atoms with E-state index in [1.54, 1.807) is 6.20 Å². The Morgan fingerprint density at radius 3 is 2.74 bits per heavy atom. The molecule has 0 unspecified atom stereocenters. The Morgan fingerprint density at radius 1 is 1.26 bits per heavy atom. The van der Waals surface area contributed by atoms with Crippen molar-refractivity contribution in [2.24, 2.45) is 5.92 Å². The lowest BCUT2D eigenvalue weighted by atomic mass is 9.85. The minimum absolute atomic E-state index is 0.518. The SMILES string of the molecule is CCCOc1ccnc(NC2CCC(CC)CC2)n1. The molecule has 2 rings (SSSR count). The maximum atomic E-state index is 5.53. The molecule has 1 aliphatic carbocycles. The number of nitrogens with one attached hydrogen (secondary N) is 1. The Hall–Kier alpha value is -1.32. The van der Waals surface area contributed by atoms with Crippen LogP contribution in [-0.4, -0.2) is 22.6 Å². The van der Waals surface area contributed by atoms with Crippen LogP contribution in [0.25, 0.3) is 0 Å². The summed E-state index contributed by atoms with van der Waals surface area (Å²) in [5.41, 5.74) is 0. The number of ether oxygens (including phenoxy) is 1. The van der Waals surface area contributed by atoms with Gasteiger partial charge in [-0.1, -0.05) is 20.3 Å². The van der Waals surface area contributed by atoms with Crippen molar-refractivity contribution in [3.63, 3.8) is 0 Å². The molecule has 0 aliphatic heterocycles. The molecule has 19 heavy (non-hydrogen) atoms. The molecule has 1 fully saturated rings. The average Bonchev–Trinajstić information content (AvgIpc) is 2.46. The minimum atomic E-state index is 0.518. The van der Waals surface area contributed by atoms with Crippen LogP contribution < -0.4 is 10.1 Å². The van der Waals surface area contributed by atoms with E-state index in [1.807, 2.05) is 6.07 Å². The molecule has 4 nitrogen and oxygen atoms in total. The van der Waals surface area contributed by atoms with Crippen LogP contribution in [0.4, 0.5) is 5.95 Å². The van der Waals surface area contributed by atoms with E-state index >= 15 is 0 Å². The molecule has 0 radical (unpaired) electrons. The maximum absolute atomic E-state index is 5.53. The van der Waals surface area contributed by atoms with Gasteiger partial charge in [-0.15, -0.1) is 0 Å². The van der Waals surface area contributed by atoms with E-state index in [0.717, 1.165) is 12.3 Å². The van der Waals surface area contributed by atoms with Crippen LogP contribution in [0.1, 0.15) is 52.4 Å². The smallest absolute Gasteiger partial charge is 0.226 e. The highest BCUT2D eigenvalue weighted by atomic mass is 16.5. The molecule has 1 heterocycles. The van der Waals surface area contributed by atoms with Crippen molar-refractivity contribution in [3.05, 3.63) is 12.3 Å². The first-order valence-corrected chi connectivity index (χ1v) is 7.54. The monoisotopic (exact) mass is 263 g/mol. The Kier molecular flexibility index (Phi) is 5.43. The first-order valence-electron chi connectivity index (χ1n) is 7.54. The zero-order valence-electron chi connectivity index (χ0n) is 12.1. The number of aromatic nitrogens is 2. The van der Waals surface area contributed by atoms with Crippen molar-refractivity contribution in [2.75, 3.05) is 11.9 Å². The predicted molar refractivity (Wildman–Crippen MR) is 77.5 cm³/mol. The second-order valence-corrected chi connectivity index (χ2v) is 5.34. The van der Waals surface area contributed by atoms with Crippen LogP contribution in [0.3, 0.4) is 0 Å². The third-order valence-corrected chi connectivity index (χ3v) is 3.84. The van der Waals surface area contributed by atoms with E-state index < -0.39 is 0 Å². The highest BCUT2D eigenvalue weighted by Gasteiger charge is 2.20. The van der Waals surface area contributed by atoms with E-state index in [4.69, 9.17) is 4.74 Å². The van der Waals surface area contributed by atoms with E-state index in [0.29, 0.717) is 24.5 Å². The summed E-state index contributed by atoms with van der Waals surface area (Å²) in [7, 11) is 0. The van der Waals surface area contributed by atoms with E-state index in [9.17, 15) is 0 Å². The highest BCUT2D eigenvalue weighted by Crippen LogP contribution is 2.27. The van der Waals surface area contributed by atoms with Gasteiger partial charge in [-0.05, 0) is 38.0 Å². The van der Waals surface area contributed by atoms with Crippen LogP contribution in [-0.2, 0) is 0 Å². The van der Waals surface area contributed by atoms with Gasteiger partial charge < -0.3 is 10.1 Å². The first-order chi connectivity index (χ1) is 9.31. The van der Waals surface area contributed by atoms with Crippen molar-refractivity contribution in [1.82, 2.24) is 9.97 Å². The Balaban J connectivity index is 1.85. The summed E-state index contributed by atoms with van der Waals surface area (Å²) < 4.78 is 5.53. The lowest BCUT2D eigenvalue weighted by Crippen LogP contribution is -2.26. The summed E-state index contributed by atoms with van der Waals surface area (Å²) >= 11 is 0. The molecule has 0 saturated heterocycles. The Bertz CT molecular complexity index is 375. The van der Waals surface area contributed by atoms with Crippen LogP contribution in [0.5, 0.6) is 5.88 Å². The number of hydrogen-bond donors (Lipinski definition) is 1. The van der Waals surface area contributed by atoms with Crippen LogP contribution in [0.2, 0.25) is 0 Å². The molecule has 0 spiro atoms. The van der Waals surface area contributed by atoms with Gasteiger partial charge >= 0.3 is 0 Å². The van der Waals surface area contributed by atoms with E-state index in [1.165, 1.54) is 32.1 Å². The molecule has 1 aromatic rings. The topological polar surface area (TPSA) is 47.0 Å². The largest absolute Gasteiger partial charge is 0.478 e. The third-order valence-electron chi connectivity index (χ3n) is 3.84. The van der Waals surface area contributed by atoms with Gasteiger partial charge in [0.25, 0.3) is 0 Å². The number of hydrogen-bond acceptors (Lipinski definition) is 4. The van der Waals surface area contributed by atoms with E-state index in [2.05, 4.69) is 29.1 Å². The fourth-order valence-electron chi connectivity index (χ4n) is 2.60. The van der Waals surface area contributed by atoms with Crippen LogP contribution in [0, 0.1) is 5.92 Å². The zero-order valence-corrected chi connectivity index (χ0v) is 12.1. The summed E-state index contributed by atoms with van der Waals surface area (Å²) in [5.74, 6) is 2.29. The lowest BCUT2D eigenvalue weighted by Gasteiger charge is -2.28. The molecule has 1 saturated carbocycles. The molecule has 0 bridgehead atoms. The first kappa shape index (κ1) is 14.1. The molecule has 1 N–H and O–H groups in total. The molecule has 4 heteroatoms. The Morgan fingerprint density at radius 2 is 2.05 bits per heavy atom. The van der Waals surface area contributed by atoms with Gasteiger partial charge in [0.05, 0.1) is 6.61 Å². The van der Waals surface area contributed by atoms with Gasteiger partial charge in [0.1, 0.15) is 0 Å². The van der Waals surface area contributed by atoms with Gasteiger partial charge in [0.15, 0.2) is 0 Å². The molecule has 1 aromatic heterocycles. The average molecular weight is 263 g/mol. The predicted octanol–water partition coefficient (Wildman–Crippen LogP) is 3.65. The van der Waals surface area contributed by atoms with E-state index in [-0.39, 0.29) is 0 Å². The van der Waals surface area contributed by atoms with Crippen molar-refractivity contribution < 1.29 is 4.74 Å². The molecule has 0 atom stereocenters. The summed E-state index contributed by atoms with van der Waals surface area (Å²) in [6.45, 7) is 5.08. The second kappa shape index (κ2) is 7.31. The normalized spacial score (nSPS) is 23.1. The fourth-order valence-corrected chi connectivity index (χ4v) is 2.60. The molecular weight excluding hydrogens is 238 g/mol. The third kappa shape index (κ3) is 4.37.